The van der Waals surface area contributed by atoms with Gasteiger partial charge in [-0.1, -0.05) is 28.4 Å². The van der Waals surface area contributed by atoms with E-state index in [1.807, 2.05) is 18.2 Å². The standard InChI is InChI=1S/C15H18BrNO2/c1-3-9-19-15-7-6-14(16)11-13(15)12-17-8-5-10-18-4-2/h1,4,6-7,11,17H,2,5,8-10,12H2. The molecule has 0 unspecified atom stereocenters. The molecule has 0 spiro atoms. The van der Waals surface area contributed by atoms with Crippen molar-refractivity contribution in [2.24, 2.45) is 0 Å². The third kappa shape index (κ3) is 6.32. The minimum atomic E-state index is 0.280. The van der Waals surface area contributed by atoms with Crippen molar-refractivity contribution in [2.45, 2.75) is 13.0 Å². The second-order valence-corrected chi connectivity index (χ2v) is 4.73. The Labute approximate surface area is 123 Å². The minimum Gasteiger partial charge on any atom is -0.502 e. The Kier molecular flexibility index (Phi) is 7.80. The fraction of sp³-hybridized carbons (Fsp3) is 0.333. The topological polar surface area (TPSA) is 30.5 Å². The van der Waals surface area contributed by atoms with Gasteiger partial charge in [0.1, 0.15) is 12.4 Å². The highest BCUT2D eigenvalue weighted by atomic mass is 79.9. The molecule has 19 heavy (non-hydrogen) atoms. The van der Waals surface area contributed by atoms with Crippen molar-refractivity contribution in [3.05, 3.63) is 41.1 Å². The molecule has 0 saturated carbocycles. The fourth-order valence-electron chi connectivity index (χ4n) is 1.53. The van der Waals surface area contributed by atoms with Crippen LogP contribution in [0.4, 0.5) is 0 Å². The van der Waals surface area contributed by atoms with Gasteiger partial charge < -0.3 is 14.8 Å². The molecule has 4 heteroatoms. The van der Waals surface area contributed by atoms with Crippen LogP contribution in [-0.2, 0) is 11.3 Å². The van der Waals surface area contributed by atoms with E-state index in [2.05, 4.69) is 33.7 Å². The Morgan fingerprint density at radius 3 is 3.05 bits per heavy atom. The van der Waals surface area contributed by atoms with Crippen LogP contribution in [-0.4, -0.2) is 19.8 Å². The zero-order chi connectivity index (χ0) is 13.9. The van der Waals surface area contributed by atoms with E-state index in [0.29, 0.717) is 6.61 Å². The SMILES string of the molecule is C#CCOc1ccc(Br)cc1CNCCCOC=C. The van der Waals surface area contributed by atoms with Gasteiger partial charge in [-0.25, -0.2) is 0 Å². The molecular weight excluding hydrogens is 306 g/mol. The summed E-state index contributed by atoms with van der Waals surface area (Å²) in [4.78, 5) is 0. The molecule has 0 amide bonds. The van der Waals surface area contributed by atoms with E-state index in [-0.39, 0.29) is 6.61 Å². The van der Waals surface area contributed by atoms with Crippen molar-refractivity contribution >= 4 is 15.9 Å². The van der Waals surface area contributed by atoms with Crippen LogP contribution < -0.4 is 10.1 Å². The summed E-state index contributed by atoms with van der Waals surface area (Å²) in [5.74, 6) is 3.28. The normalized spacial score (nSPS) is 9.68. The molecule has 0 aliphatic rings. The molecule has 0 aliphatic heterocycles. The number of ether oxygens (including phenoxy) is 2. The lowest BCUT2D eigenvalue weighted by atomic mass is 10.2. The van der Waals surface area contributed by atoms with Crippen LogP contribution in [0.25, 0.3) is 0 Å². The molecule has 1 aromatic carbocycles. The molecule has 0 aromatic heterocycles. The van der Waals surface area contributed by atoms with E-state index < -0.39 is 0 Å². The quantitative estimate of drug-likeness (QED) is 0.430. The van der Waals surface area contributed by atoms with Crippen LogP contribution in [0.3, 0.4) is 0 Å². The lowest BCUT2D eigenvalue weighted by Crippen LogP contribution is -2.16. The Morgan fingerprint density at radius 1 is 1.47 bits per heavy atom. The largest absolute Gasteiger partial charge is 0.502 e. The van der Waals surface area contributed by atoms with Crippen molar-refractivity contribution in [2.75, 3.05) is 19.8 Å². The van der Waals surface area contributed by atoms with Crippen molar-refractivity contribution in [1.29, 1.82) is 0 Å². The molecule has 0 saturated heterocycles. The van der Waals surface area contributed by atoms with Crippen LogP contribution in [0.1, 0.15) is 12.0 Å². The Bertz CT molecular complexity index is 440. The first-order valence-corrected chi connectivity index (χ1v) is 6.85. The molecule has 0 radical (unpaired) electrons. The van der Waals surface area contributed by atoms with Crippen LogP contribution >= 0.6 is 15.9 Å². The second kappa shape index (κ2) is 9.48. The highest BCUT2D eigenvalue weighted by Crippen LogP contribution is 2.23. The molecule has 1 rings (SSSR count). The summed E-state index contributed by atoms with van der Waals surface area (Å²) in [6, 6.07) is 5.88. The molecule has 0 aliphatic carbocycles. The third-order valence-corrected chi connectivity index (χ3v) is 2.88. The predicted octanol–water partition coefficient (Wildman–Crippen LogP) is 3.10. The average molecular weight is 324 g/mol. The molecule has 0 bridgehead atoms. The van der Waals surface area contributed by atoms with E-state index in [1.54, 1.807) is 0 Å². The summed E-state index contributed by atoms with van der Waals surface area (Å²) in [5.41, 5.74) is 1.08. The van der Waals surface area contributed by atoms with Gasteiger partial charge in [-0.3, -0.25) is 0 Å². The average Bonchev–Trinajstić information content (AvgIpc) is 2.42. The van der Waals surface area contributed by atoms with Gasteiger partial charge in [0, 0.05) is 16.6 Å². The summed E-state index contributed by atoms with van der Waals surface area (Å²) in [5, 5.41) is 3.34. The third-order valence-electron chi connectivity index (χ3n) is 2.38. The smallest absolute Gasteiger partial charge is 0.148 e. The summed E-state index contributed by atoms with van der Waals surface area (Å²) in [6.07, 6.45) is 7.59. The van der Waals surface area contributed by atoms with E-state index in [0.717, 1.165) is 35.3 Å². The second-order valence-electron chi connectivity index (χ2n) is 3.81. The first-order chi connectivity index (χ1) is 9.27. The van der Waals surface area contributed by atoms with Gasteiger partial charge in [-0.2, -0.15) is 0 Å². The first-order valence-electron chi connectivity index (χ1n) is 6.06. The van der Waals surface area contributed by atoms with Crippen LogP contribution in [0.15, 0.2) is 35.5 Å². The molecule has 1 N–H and O–H groups in total. The van der Waals surface area contributed by atoms with Gasteiger partial charge in [0.25, 0.3) is 0 Å². The van der Waals surface area contributed by atoms with Gasteiger partial charge >= 0.3 is 0 Å². The maximum Gasteiger partial charge on any atom is 0.148 e. The van der Waals surface area contributed by atoms with E-state index in [1.165, 1.54) is 6.26 Å². The number of terminal acetylenes is 1. The van der Waals surface area contributed by atoms with Crippen molar-refractivity contribution < 1.29 is 9.47 Å². The van der Waals surface area contributed by atoms with Gasteiger partial charge in [-0.05, 0) is 31.2 Å². The van der Waals surface area contributed by atoms with Crippen molar-refractivity contribution in [3.8, 4) is 18.1 Å². The highest BCUT2D eigenvalue weighted by Gasteiger charge is 2.04. The molecule has 102 valence electrons. The van der Waals surface area contributed by atoms with Crippen LogP contribution in [0.2, 0.25) is 0 Å². The first kappa shape index (κ1) is 15.6. The summed E-state index contributed by atoms with van der Waals surface area (Å²) >= 11 is 3.45. The van der Waals surface area contributed by atoms with Crippen LogP contribution in [0.5, 0.6) is 5.75 Å². The number of halogens is 1. The Balaban J connectivity index is 2.44. The number of nitrogens with one attached hydrogen (secondary N) is 1. The van der Waals surface area contributed by atoms with Gasteiger partial charge in [-0.15, -0.1) is 6.42 Å². The summed E-state index contributed by atoms with van der Waals surface area (Å²) < 4.78 is 11.6. The summed E-state index contributed by atoms with van der Waals surface area (Å²) in [6.45, 7) is 6.05. The van der Waals surface area contributed by atoms with E-state index >= 15 is 0 Å². The molecular formula is C15H18BrNO2. The fourth-order valence-corrected chi connectivity index (χ4v) is 1.94. The highest BCUT2D eigenvalue weighted by molar-refractivity contribution is 9.10. The van der Waals surface area contributed by atoms with E-state index in [9.17, 15) is 0 Å². The van der Waals surface area contributed by atoms with E-state index in [4.69, 9.17) is 15.9 Å². The zero-order valence-electron chi connectivity index (χ0n) is 10.8. The van der Waals surface area contributed by atoms with Crippen LogP contribution in [0, 0.1) is 12.3 Å². The Morgan fingerprint density at radius 2 is 2.32 bits per heavy atom. The predicted molar refractivity (Wildman–Crippen MR) is 80.9 cm³/mol. The van der Waals surface area contributed by atoms with Crippen molar-refractivity contribution in [1.82, 2.24) is 5.32 Å². The molecule has 1 aromatic rings. The van der Waals surface area contributed by atoms with Gasteiger partial charge in [0.2, 0.25) is 0 Å². The molecule has 0 atom stereocenters. The maximum absolute atomic E-state index is 5.50. The number of hydrogen-bond acceptors (Lipinski definition) is 3. The lowest BCUT2D eigenvalue weighted by molar-refractivity contribution is 0.244. The molecule has 0 fully saturated rings. The lowest BCUT2D eigenvalue weighted by Gasteiger charge is -2.11. The number of rotatable bonds is 9. The monoisotopic (exact) mass is 323 g/mol. The van der Waals surface area contributed by atoms with Gasteiger partial charge in [0.15, 0.2) is 0 Å². The number of hydrogen-bond donors (Lipinski definition) is 1. The Hall–Kier alpha value is -1.44. The van der Waals surface area contributed by atoms with Gasteiger partial charge in [0.05, 0.1) is 12.9 Å². The van der Waals surface area contributed by atoms with Crippen molar-refractivity contribution in [3.63, 3.8) is 0 Å². The molecule has 0 heterocycles. The zero-order valence-corrected chi connectivity index (χ0v) is 12.4. The molecule has 3 nitrogen and oxygen atoms in total. The number of benzene rings is 1. The minimum absolute atomic E-state index is 0.280. The maximum atomic E-state index is 5.50. The summed E-state index contributed by atoms with van der Waals surface area (Å²) in [7, 11) is 0.